The van der Waals surface area contributed by atoms with Crippen molar-refractivity contribution in [2.24, 2.45) is 5.92 Å². The number of nitrogens with one attached hydrogen (secondary N) is 1. The number of ether oxygens (including phenoxy) is 1. The van der Waals surface area contributed by atoms with Crippen LogP contribution in [0.5, 0.6) is 0 Å². The van der Waals surface area contributed by atoms with Gasteiger partial charge in [-0.3, -0.25) is 9.59 Å². The van der Waals surface area contributed by atoms with Crippen LogP contribution in [0, 0.1) is 17.2 Å². The summed E-state index contributed by atoms with van der Waals surface area (Å²) < 4.78 is 5.65. The molecule has 3 aliphatic heterocycles. The maximum atomic E-state index is 13.5. The van der Waals surface area contributed by atoms with E-state index in [1.165, 1.54) is 0 Å². The molecule has 2 aromatic heterocycles. The van der Waals surface area contributed by atoms with E-state index in [9.17, 15) is 9.59 Å². The Kier molecular flexibility index (Phi) is 4.99. The molecule has 2 amide bonds. The van der Waals surface area contributed by atoms with Gasteiger partial charge in [-0.25, -0.2) is 9.97 Å². The van der Waals surface area contributed by atoms with E-state index in [2.05, 4.69) is 26.3 Å². The van der Waals surface area contributed by atoms with Gasteiger partial charge in [0.1, 0.15) is 17.6 Å². The SMILES string of the molecule is N#C[C@H]1CCN(c2ccnc(Nc3ccc(C4(C(=O)N5C6CCC5COC6)CC4)cn3)c2)C1=O. The van der Waals surface area contributed by atoms with E-state index >= 15 is 0 Å². The summed E-state index contributed by atoms with van der Waals surface area (Å²) >= 11 is 0. The number of nitrogens with zero attached hydrogens (tertiary/aromatic N) is 5. The minimum Gasteiger partial charge on any atom is -0.377 e. The highest BCUT2D eigenvalue weighted by molar-refractivity contribution is 5.99. The number of rotatable bonds is 5. The molecular weight excluding hydrogens is 432 g/mol. The Hall–Kier alpha value is -3.51. The zero-order valence-corrected chi connectivity index (χ0v) is 18.8. The fraction of sp³-hybridized carbons (Fsp3) is 0.480. The molecule has 9 heteroatoms. The van der Waals surface area contributed by atoms with Crippen molar-refractivity contribution < 1.29 is 14.3 Å². The van der Waals surface area contributed by atoms with Crippen molar-refractivity contribution in [2.45, 2.75) is 49.6 Å². The van der Waals surface area contributed by atoms with Gasteiger partial charge < -0.3 is 19.9 Å². The van der Waals surface area contributed by atoms with E-state index in [0.29, 0.717) is 43.5 Å². The maximum Gasteiger partial charge on any atom is 0.244 e. The van der Waals surface area contributed by atoms with Crippen molar-refractivity contribution in [1.29, 1.82) is 5.26 Å². The third-order valence-corrected chi connectivity index (χ3v) is 7.62. The Labute approximate surface area is 197 Å². The first kappa shape index (κ1) is 21.1. The molecule has 2 bridgehead atoms. The lowest BCUT2D eigenvalue weighted by molar-refractivity contribution is -0.143. The van der Waals surface area contributed by atoms with Crippen molar-refractivity contribution in [3.63, 3.8) is 0 Å². The summed E-state index contributed by atoms with van der Waals surface area (Å²) in [6.07, 6.45) is 7.73. The smallest absolute Gasteiger partial charge is 0.244 e. The lowest BCUT2D eigenvalue weighted by Crippen LogP contribution is -2.52. The zero-order valence-electron chi connectivity index (χ0n) is 18.8. The monoisotopic (exact) mass is 458 g/mol. The molecule has 174 valence electrons. The lowest BCUT2D eigenvalue weighted by atomic mass is 9.95. The standard InChI is InChI=1S/C25H26N6O3/c26-12-16-6-10-30(23(16)32)18-5-9-27-22(11-18)29-21-4-1-17(13-28-21)25(7-8-25)24(33)31-19-2-3-20(31)15-34-14-19/h1,4-5,9,11,13,16,19-20H,2-3,6-8,10,14-15H2,(H,27,28,29)/t16-,19?,20?/m1/s1. The average molecular weight is 459 g/mol. The number of amides is 2. The maximum absolute atomic E-state index is 13.5. The Bertz CT molecular complexity index is 1160. The highest BCUT2D eigenvalue weighted by atomic mass is 16.5. The van der Waals surface area contributed by atoms with E-state index in [-0.39, 0.29) is 23.9 Å². The number of aromatic nitrogens is 2. The molecule has 0 spiro atoms. The Balaban J connectivity index is 1.16. The van der Waals surface area contributed by atoms with E-state index in [4.69, 9.17) is 10.00 Å². The molecule has 1 saturated carbocycles. The van der Waals surface area contributed by atoms with Crippen LogP contribution in [-0.2, 0) is 19.7 Å². The van der Waals surface area contributed by atoms with Gasteiger partial charge in [-0.2, -0.15) is 5.26 Å². The van der Waals surface area contributed by atoms with E-state index in [1.54, 1.807) is 29.4 Å². The molecule has 34 heavy (non-hydrogen) atoms. The van der Waals surface area contributed by atoms with Gasteiger partial charge >= 0.3 is 0 Å². The van der Waals surface area contributed by atoms with Crippen LogP contribution in [0.15, 0.2) is 36.7 Å². The van der Waals surface area contributed by atoms with Gasteiger partial charge in [-0.15, -0.1) is 0 Å². The summed E-state index contributed by atoms with van der Waals surface area (Å²) in [6, 6.07) is 9.88. The quantitative estimate of drug-likeness (QED) is 0.733. The largest absolute Gasteiger partial charge is 0.377 e. The van der Waals surface area contributed by atoms with Crippen molar-refractivity contribution in [1.82, 2.24) is 14.9 Å². The molecule has 9 nitrogen and oxygen atoms in total. The van der Waals surface area contributed by atoms with Crippen molar-refractivity contribution >= 4 is 29.1 Å². The molecule has 3 saturated heterocycles. The normalized spacial score (nSPS) is 26.9. The number of anilines is 3. The zero-order chi connectivity index (χ0) is 23.3. The van der Waals surface area contributed by atoms with E-state index < -0.39 is 11.3 Å². The highest BCUT2D eigenvalue weighted by Gasteiger charge is 2.56. The molecule has 4 fully saturated rings. The minimum absolute atomic E-state index is 0.171. The van der Waals surface area contributed by atoms with E-state index in [1.807, 2.05) is 12.1 Å². The third kappa shape index (κ3) is 3.41. The Morgan fingerprint density at radius 2 is 1.91 bits per heavy atom. The summed E-state index contributed by atoms with van der Waals surface area (Å²) in [7, 11) is 0. The first-order chi connectivity index (χ1) is 16.6. The molecule has 5 heterocycles. The van der Waals surface area contributed by atoms with Gasteiger partial charge in [0.05, 0.1) is 36.8 Å². The molecule has 4 aliphatic rings. The fourth-order valence-corrected chi connectivity index (χ4v) is 5.55. The number of hydrogen-bond donors (Lipinski definition) is 1. The number of nitriles is 1. The van der Waals surface area contributed by atoms with E-state index in [0.717, 1.165) is 31.2 Å². The number of fused-ring (bicyclic) bond motifs is 2. The van der Waals surface area contributed by atoms with Gasteiger partial charge in [0.2, 0.25) is 11.8 Å². The number of hydrogen-bond acceptors (Lipinski definition) is 7. The highest BCUT2D eigenvalue weighted by Crippen LogP contribution is 2.51. The van der Waals surface area contributed by atoms with Gasteiger partial charge in [-0.05, 0) is 49.8 Å². The molecule has 2 unspecified atom stereocenters. The topological polar surface area (TPSA) is 111 Å². The summed E-state index contributed by atoms with van der Waals surface area (Å²) in [5, 5.41) is 12.3. The van der Waals surface area contributed by atoms with Crippen LogP contribution in [0.3, 0.4) is 0 Å². The van der Waals surface area contributed by atoms with Crippen molar-refractivity contribution in [3.8, 4) is 6.07 Å². The predicted molar refractivity (Wildman–Crippen MR) is 123 cm³/mol. The van der Waals surface area contributed by atoms with Crippen LogP contribution in [-0.4, -0.2) is 58.5 Å². The lowest BCUT2D eigenvalue weighted by Gasteiger charge is -2.37. The van der Waals surface area contributed by atoms with Crippen LogP contribution in [0.4, 0.5) is 17.3 Å². The van der Waals surface area contributed by atoms with Crippen LogP contribution in [0.2, 0.25) is 0 Å². The summed E-state index contributed by atoms with van der Waals surface area (Å²) in [5.41, 5.74) is 1.22. The van der Waals surface area contributed by atoms with Crippen molar-refractivity contribution in [2.75, 3.05) is 30.0 Å². The summed E-state index contributed by atoms with van der Waals surface area (Å²) in [5.74, 6) is 0.657. The minimum atomic E-state index is -0.580. The number of pyridine rings is 2. The molecule has 0 radical (unpaired) electrons. The molecule has 0 aromatic carbocycles. The third-order valence-electron chi connectivity index (χ3n) is 7.62. The van der Waals surface area contributed by atoms with Gasteiger partial charge in [0.15, 0.2) is 0 Å². The summed E-state index contributed by atoms with van der Waals surface area (Å²) in [4.78, 5) is 38.5. The molecular formula is C25H26N6O3. The summed E-state index contributed by atoms with van der Waals surface area (Å²) in [6.45, 7) is 1.81. The average Bonchev–Trinajstić information content (AvgIpc) is 3.53. The Morgan fingerprint density at radius 3 is 2.56 bits per heavy atom. The van der Waals surface area contributed by atoms with Crippen LogP contribution in [0.25, 0.3) is 0 Å². The van der Waals surface area contributed by atoms with Gasteiger partial charge in [0.25, 0.3) is 0 Å². The van der Waals surface area contributed by atoms with Crippen molar-refractivity contribution in [3.05, 3.63) is 42.2 Å². The van der Waals surface area contributed by atoms with Crippen LogP contribution < -0.4 is 10.2 Å². The number of carbonyl (C=O) groups excluding carboxylic acids is 2. The fourth-order valence-electron chi connectivity index (χ4n) is 5.55. The molecule has 1 aliphatic carbocycles. The predicted octanol–water partition coefficient (Wildman–Crippen LogP) is 2.52. The van der Waals surface area contributed by atoms with Crippen LogP contribution in [0.1, 0.15) is 37.7 Å². The molecule has 6 rings (SSSR count). The second-order valence-electron chi connectivity index (χ2n) is 9.63. The second kappa shape index (κ2) is 8.06. The van der Waals surface area contributed by atoms with Gasteiger partial charge in [-0.1, -0.05) is 6.07 Å². The Morgan fingerprint density at radius 1 is 1.12 bits per heavy atom. The first-order valence-electron chi connectivity index (χ1n) is 11.9. The molecule has 2 aromatic rings. The first-order valence-corrected chi connectivity index (χ1v) is 11.9. The second-order valence-corrected chi connectivity index (χ2v) is 9.63. The van der Waals surface area contributed by atoms with Gasteiger partial charge in [0, 0.05) is 30.7 Å². The number of morpholine rings is 1. The van der Waals surface area contributed by atoms with Crippen LogP contribution >= 0.6 is 0 Å². The number of carbonyl (C=O) groups is 2. The molecule has 3 atom stereocenters. The molecule has 1 N–H and O–H groups in total.